The van der Waals surface area contributed by atoms with E-state index in [-0.39, 0.29) is 0 Å². The maximum absolute atomic E-state index is 11.1. The molecule has 6 unspecified atom stereocenters. The smallest absolute Gasteiger partial charge is 0.303 e. The molecule has 4 rings (SSSR count). The summed E-state index contributed by atoms with van der Waals surface area (Å²) in [5, 5.41) is 9.15. The van der Waals surface area contributed by atoms with Gasteiger partial charge >= 0.3 is 5.97 Å². The van der Waals surface area contributed by atoms with E-state index in [9.17, 15) is 4.79 Å². The van der Waals surface area contributed by atoms with E-state index in [0.717, 1.165) is 41.9 Å². The third-order valence-corrected chi connectivity index (χ3v) is 10.9. The second-order valence-electron chi connectivity index (χ2n) is 11.8. The van der Waals surface area contributed by atoms with Crippen LogP contribution < -0.4 is 0 Å². The van der Waals surface area contributed by atoms with Crippen LogP contribution >= 0.6 is 0 Å². The molecule has 0 bridgehead atoms. The van der Waals surface area contributed by atoms with Gasteiger partial charge in [0.15, 0.2) is 0 Å². The largest absolute Gasteiger partial charge is 0.481 e. The molecule has 0 radical (unpaired) electrons. The Kier molecular flexibility index (Phi) is 5.64. The van der Waals surface area contributed by atoms with Crippen LogP contribution in [0.5, 0.6) is 0 Å². The van der Waals surface area contributed by atoms with E-state index in [1.807, 2.05) is 0 Å². The number of fused-ring (bicyclic) bond motifs is 5. The van der Waals surface area contributed by atoms with Crippen LogP contribution in [-0.4, -0.2) is 11.1 Å². The summed E-state index contributed by atoms with van der Waals surface area (Å²) in [6.45, 7) is 10.1. The summed E-state index contributed by atoms with van der Waals surface area (Å²) < 4.78 is 0. The number of hydrogen-bond acceptors (Lipinski definition) is 1. The van der Waals surface area contributed by atoms with Gasteiger partial charge in [0.1, 0.15) is 0 Å². The predicted octanol–water partition coefficient (Wildman–Crippen LogP) is 7.17. The molecule has 4 aliphatic carbocycles. The summed E-state index contributed by atoms with van der Waals surface area (Å²) in [5.74, 6) is 5.44. The summed E-state index contributed by atoms with van der Waals surface area (Å²) in [7, 11) is 0. The minimum absolute atomic E-state index is 0.349. The highest BCUT2D eigenvalue weighted by Crippen LogP contribution is 2.69. The Balaban J connectivity index is 1.56. The number of carboxylic acid groups (broad SMARTS) is 1. The normalized spacial score (nSPS) is 49.0. The monoisotopic (exact) mass is 388 g/mol. The molecule has 4 fully saturated rings. The van der Waals surface area contributed by atoms with E-state index >= 15 is 0 Å². The van der Waals surface area contributed by atoms with Gasteiger partial charge in [-0.25, -0.2) is 0 Å². The van der Waals surface area contributed by atoms with Crippen LogP contribution in [0.15, 0.2) is 0 Å². The Morgan fingerprint density at radius 3 is 2.46 bits per heavy atom. The molecule has 1 N–H and O–H groups in total. The zero-order chi connectivity index (χ0) is 20.1. The minimum atomic E-state index is -0.621. The number of rotatable bonds is 5. The van der Waals surface area contributed by atoms with E-state index in [4.69, 9.17) is 5.11 Å². The average molecular weight is 389 g/mol. The Hall–Kier alpha value is -0.530. The van der Waals surface area contributed by atoms with Crippen LogP contribution in [0.4, 0.5) is 0 Å². The van der Waals surface area contributed by atoms with Crippen molar-refractivity contribution in [2.75, 3.05) is 0 Å². The maximum Gasteiger partial charge on any atom is 0.303 e. The Morgan fingerprint density at radius 1 is 1.00 bits per heavy atom. The standard InChI is InChI=1S/C26H44O2/c1-5-18-16-19-22-11-10-20(17(2)9-12-24(27)28)26(22,4)15-13-23(19)25(3)14-7-6-8-21(18)25/h17-23H,5-16H2,1-4H3,(H,27,28)/t17?,18-,19?,20?,21?,22-,23-,25?,26?/m0/s1. The predicted molar refractivity (Wildman–Crippen MR) is 115 cm³/mol. The van der Waals surface area contributed by atoms with Gasteiger partial charge in [-0.15, -0.1) is 0 Å². The molecular weight excluding hydrogens is 344 g/mol. The second-order valence-corrected chi connectivity index (χ2v) is 11.8. The minimum Gasteiger partial charge on any atom is -0.481 e. The maximum atomic E-state index is 11.1. The zero-order valence-corrected chi connectivity index (χ0v) is 18.9. The Labute approximate surface area is 173 Å². The van der Waals surface area contributed by atoms with Crippen molar-refractivity contribution in [3.8, 4) is 0 Å². The van der Waals surface area contributed by atoms with Crippen molar-refractivity contribution in [2.24, 2.45) is 52.3 Å². The highest BCUT2D eigenvalue weighted by atomic mass is 16.4. The summed E-state index contributed by atoms with van der Waals surface area (Å²) in [6, 6.07) is 0. The molecule has 0 aromatic carbocycles. The summed E-state index contributed by atoms with van der Waals surface area (Å²) in [6.07, 6.45) is 15.6. The molecule has 28 heavy (non-hydrogen) atoms. The van der Waals surface area contributed by atoms with Gasteiger partial charge in [0, 0.05) is 6.42 Å². The van der Waals surface area contributed by atoms with Gasteiger partial charge < -0.3 is 5.11 Å². The van der Waals surface area contributed by atoms with Gasteiger partial charge in [0.25, 0.3) is 0 Å². The lowest BCUT2D eigenvalue weighted by Crippen LogP contribution is -2.55. The summed E-state index contributed by atoms with van der Waals surface area (Å²) in [5.41, 5.74) is 1.07. The molecule has 4 saturated carbocycles. The molecule has 4 aliphatic rings. The van der Waals surface area contributed by atoms with E-state index < -0.39 is 5.97 Å². The van der Waals surface area contributed by atoms with Crippen LogP contribution in [0.25, 0.3) is 0 Å². The van der Waals surface area contributed by atoms with Gasteiger partial charge in [-0.1, -0.05) is 47.0 Å². The molecule has 0 saturated heterocycles. The van der Waals surface area contributed by atoms with E-state index in [2.05, 4.69) is 27.7 Å². The molecule has 0 aromatic heterocycles. The van der Waals surface area contributed by atoms with Crippen molar-refractivity contribution in [3.05, 3.63) is 0 Å². The molecule has 2 nitrogen and oxygen atoms in total. The fraction of sp³-hybridized carbons (Fsp3) is 0.962. The molecule has 0 heterocycles. The van der Waals surface area contributed by atoms with Crippen molar-refractivity contribution in [1.29, 1.82) is 0 Å². The Bertz CT molecular complexity index is 585. The van der Waals surface area contributed by atoms with Crippen LogP contribution in [0, 0.1) is 52.3 Å². The number of carboxylic acids is 1. The third-order valence-electron chi connectivity index (χ3n) is 10.9. The quantitative estimate of drug-likeness (QED) is 0.542. The van der Waals surface area contributed by atoms with Gasteiger partial charge in [-0.05, 0) is 104 Å². The first kappa shape index (κ1) is 20.7. The number of aliphatic carboxylic acids is 1. The third kappa shape index (κ3) is 3.16. The van der Waals surface area contributed by atoms with Gasteiger partial charge in [0.2, 0.25) is 0 Å². The molecule has 0 aliphatic heterocycles. The van der Waals surface area contributed by atoms with Crippen molar-refractivity contribution in [2.45, 2.75) is 105 Å². The summed E-state index contributed by atoms with van der Waals surface area (Å²) >= 11 is 0. The van der Waals surface area contributed by atoms with Crippen molar-refractivity contribution in [3.63, 3.8) is 0 Å². The molecule has 9 atom stereocenters. The first-order valence-electron chi connectivity index (χ1n) is 12.5. The second kappa shape index (κ2) is 7.62. The first-order valence-corrected chi connectivity index (χ1v) is 12.5. The van der Waals surface area contributed by atoms with Gasteiger partial charge in [-0.3, -0.25) is 4.79 Å². The van der Waals surface area contributed by atoms with Crippen molar-refractivity contribution >= 4 is 5.97 Å². The zero-order valence-electron chi connectivity index (χ0n) is 18.9. The first-order chi connectivity index (χ1) is 13.3. The molecule has 0 spiro atoms. The topological polar surface area (TPSA) is 37.3 Å². The van der Waals surface area contributed by atoms with Gasteiger partial charge in [-0.2, -0.15) is 0 Å². The molecular formula is C26H44O2. The summed E-state index contributed by atoms with van der Waals surface area (Å²) in [4.78, 5) is 11.1. The lowest BCUT2D eigenvalue weighted by molar-refractivity contribution is -0.140. The molecule has 0 amide bonds. The van der Waals surface area contributed by atoms with Crippen molar-refractivity contribution < 1.29 is 9.90 Å². The molecule has 160 valence electrons. The molecule has 0 aromatic rings. The lowest BCUT2D eigenvalue weighted by Gasteiger charge is -2.63. The fourth-order valence-electron chi connectivity index (χ4n) is 9.55. The Morgan fingerprint density at radius 2 is 1.75 bits per heavy atom. The van der Waals surface area contributed by atoms with Crippen LogP contribution in [0.2, 0.25) is 0 Å². The van der Waals surface area contributed by atoms with Crippen molar-refractivity contribution in [1.82, 2.24) is 0 Å². The van der Waals surface area contributed by atoms with E-state index in [1.54, 1.807) is 0 Å². The fourth-order valence-corrected chi connectivity index (χ4v) is 9.55. The van der Waals surface area contributed by atoms with Gasteiger partial charge in [0.05, 0.1) is 0 Å². The highest BCUT2D eigenvalue weighted by molar-refractivity contribution is 5.66. The van der Waals surface area contributed by atoms with Crippen LogP contribution in [0.3, 0.4) is 0 Å². The highest BCUT2D eigenvalue weighted by Gasteiger charge is 2.61. The average Bonchev–Trinajstić information content (AvgIpc) is 3.02. The number of hydrogen-bond donors (Lipinski definition) is 1. The van der Waals surface area contributed by atoms with E-state index in [1.165, 1.54) is 64.2 Å². The number of carbonyl (C=O) groups is 1. The van der Waals surface area contributed by atoms with Crippen LogP contribution in [0.1, 0.15) is 105 Å². The molecule has 2 heteroatoms. The van der Waals surface area contributed by atoms with E-state index in [0.29, 0.717) is 23.2 Å². The van der Waals surface area contributed by atoms with Crippen LogP contribution in [-0.2, 0) is 4.79 Å². The lowest BCUT2D eigenvalue weighted by atomic mass is 9.42. The SMILES string of the molecule is CC[C@H]1CC2[C@@H]3CCC(C(C)CCC(=O)O)C3(C)CC[C@@H]2C2(C)CCCCC12.